The minimum Gasteiger partial charge on any atom is -0.481 e. The van der Waals surface area contributed by atoms with Crippen molar-refractivity contribution in [3.63, 3.8) is 0 Å². The average molecular weight is 243 g/mol. The van der Waals surface area contributed by atoms with E-state index >= 15 is 0 Å². The Morgan fingerprint density at radius 2 is 2.06 bits per heavy atom. The van der Waals surface area contributed by atoms with Crippen LogP contribution in [0, 0.1) is 11.8 Å². The van der Waals surface area contributed by atoms with Crippen LogP contribution in [0.2, 0.25) is 0 Å². The van der Waals surface area contributed by atoms with E-state index in [2.05, 4.69) is 12.2 Å². The lowest BCUT2D eigenvalue weighted by molar-refractivity contribution is -0.143. The predicted octanol–water partition coefficient (Wildman–Crippen LogP) is 1.89. The highest BCUT2D eigenvalue weighted by Gasteiger charge is 2.25. The first-order valence-corrected chi connectivity index (χ1v) is 6.62. The molecule has 4 heteroatoms. The topological polar surface area (TPSA) is 58.6 Å². The maximum absolute atomic E-state index is 10.8. The molecule has 1 rings (SSSR count). The van der Waals surface area contributed by atoms with Gasteiger partial charge in [0.25, 0.3) is 0 Å². The van der Waals surface area contributed by atoms with Crippen LogP contribution in [0.3, 0.4) is 0 Å². The van der Waals surface area contributed by atoms with Crippen LogP contribution < -0.4 is 5.32 Å². The van der Waals surface area contributed by atoms with Crippen molar-refractivity contribution in [3.8, 4) is 0 Å². The van der Waals surface area contributed by atoms with E-state index in [4.69, 9.17) is 9.84 Å². The molecule has 0 spiro atoms. The van der Waals surface area contributed by atoms with Crippen LogP contribution in [0.4, 0.5) is 0 Å². The van der Waals surface area contributed by atoms with Crippen LogP contribution in [0.1, 0.15) is 39.0 Å². The summed E-state index contributed by atoms with van der Waals surface area (Å²) in [6, 6.07) is 0.428. The number of methoxy groups -OCH3 is 1. The van der Waals surface area contributed by atoms with Crippen molar-refractivity contribution < 1.29 is 14.6 Å². The van der Waals surface area contributed by atoms with Gasteiger partial charge < -0.3 is 15.2 Å². The molecule has 0 aromatic rings. The third-order valence-corrected chi connectivity index (χ3v) is 3.75. The van der Waals surface area contributed by atoms with Crippen molar-refractivity contribution >= 4 is 5.97 Å². The van der Waals surface area contributed by atoms with Gasteiger partial charge >= 0.3 is 5.97 Å². The van der Waals surface area contributed by atoms with Gasteiger partial charge in [-0.3, -0.25) is 4.79 Å². The summed E-state index contributed by atoms with van der Waals surface area (Å²) in [4.78, 5) is 10.8. The lowest BCUT2D eigenvalue weighted by atomic mass is 9.82. The Morgan fingerprint density at radius 3 is 2.53 bits per heavy atom. The van der Waals surface area contributed by atoms with E-state index in [0.29, 0.717) is 12.0 Å². The Labute approximate surface area is 104 Å². The van der Waals surface area contributed by atoms with Gasteiger partial charge in [0.1, 0.15) is 0 Å². The van der Waals surface area contributed by atoms with E-state index in [0.717, 1.165) is 45.3 Å². The van der Waals surface area contributed by atoms with Crippen LogP contribution in [0.5, 0.6) is 0 Å². The lowest BCUT2D eigenvalue weighted by Crippen LogP contribution is -2.37. The van der Waals surface area contributed by atoms with E-state index in [1.54, 1.807) is 7.11 Å². The second-order valence-electron chi connectivity index (χ2n) is 5.02. The number of carboxylic acid groups (broad SMARTS) is 1. The zero-order chi connectivity index (χ0) is 12.7. The number of carbonyl (C=O) groups is 1. The number of ether oxygens (including phenoxy) is 1. The monoisotopic (exact) mass is 243 g/mol. The Hall–Kier alpha value is -0.610. The van der Waals surface area contributed by atoms with Crippen molar-refractivity contribution in [2.75, 3.05) is 20.3 Å². The molecule has 0 aromatic heterocycles. The highest BCUT2D eigenvalue weighted by molar-refractivity contribution is 5.69. The van der Waals surface area contributed by atoms with Gasteiger partial charge in [0, 0.05) is 13.2 Å². The van der Waals surface area contributed by atoms with Crippen LogP contribution in [0.15, 0.2) is 0 Å². The van der Waals surface area contributed by atoms with Crippen molar-refractivity contribution in [1.82, 2.24) is 5.32 Å². The molecule has 0 saturated heterocycles. The van der Waals surface area contributed by atoms with E-state index in [-0.39, 0.29) is 5.92 Å². The van der Waals surface area contributed by atoms with Gasteiger partial charge in [0.15, 0.2) is 0 Å². The normalized spacial score (nSPS) is 26.7. The Bertz CT molecular complexity index is 225. The molecule has 1 aliphatic carbocycles. The summed E-state index contributed by atoms with van der Waals surface area (Å²) in [6.45, 7) is 3.90. The molecule has 0 amide bonds. The summed E-state index contributed by atoms with van der Waals surface area (Å²) in [6.07, 6.45) is 4.81. The lowest BCUT2D eigenvalue weighted by Gasteiger charge is -2.27. The summed E-state index contributed by atoms with van der Waals surface area (Å²) >= 11 is 0. The maximum atomic E-state index is 10.8. The third kappa shape index (κ3) is 5.04. The molecule has 0 radical (unpaired) electrons. The molecule has 1 fully saturated rings. The summed E-state index contributed by atoms with van der Waals surface area (Å²) in [7, 11) is 1.72. The summed E-state index contributed by atoms with van der Waals surface area (Å²) < 4.78 is 5.14. The van der Waals surface area contributed by atoms with Crippen molar-refractivity contribution in [2.24, 2.45) is 11.8 Å². The molecule has 1 saturated carbocycles. The smallest absolute Gasteiger partial charge is 0.306 e. The van der Waals surface area contributed by atoms with Gasteiger partial charge in [0.05, 0.1) is 12.5 Å². The average Bonchev–Trinajstić information content (AvgIpc) is 2.35. The molecule has 17 heavy (non-hydrogen) atoms. The van der Waals surface area contributed by atoms with E-state index in [1.165, 1.54) is 0 Å². The van der Waals surface area contributed by atoms with Gasteiger partial charge in [-0.1, -0.05) is 6.92 Å². The van der Waals surface area contributed by atoms with Crippen LogP contribution in [-0.4, -0.2) is 37.4 Å². The first kappa shape index (κ1) is 14.5. The Balaban J connectivity index is 2.19. The molecule has 1 atom stereocenters. The first-order valence-electron chi connectivity index (χ1n) is 6.62. The fraction of sp³-hybridized carbons (Fsp3) is 0.923. The second kappa shape index (κ2) is 7.67. The molecule has 4 nitrogen and oxygen atoms in total. The van der Waals surface area contributed by atoms with Crippen LogP contribution in [-0.2, 0) is 9.53 Å². The molecular weight excluding hydrogens is 218 g/mol. The summed E-state index contributed by atoms with van der Waals surface area (Å²) in [5.74, 6) is -0.0917. The largest absolute Gasteiger partial charge is 0.481 e. The van der Waals surface area contributed by atoms with Gasteiger partial charge in [-0.15, -0.1) is 0 Å². The minimum atomic E-state index is -0.623. The zero-order valence-corrected chi connectivity index (χ0v) is 10.9. The first-order chi connectivity index (χ1) is 8.17. The summed E-state index contributed by atoms with van der Waals surface area (Å²) in [5, 5.41) is 12.4. The number of rotatable bonds is 7. The van der Waals surface area contributed by atoms with Gasteiger partial charge in [-0.05, 0) is 44.6 Å². The number of aliphatic carboxylic acids is 1. The van der Waals surface area contributed by atoms with Crippen molar-refractivity contribution in [2.45, 2.75) is 45.1 Å². The molecule has 1 aliphatic rings. The molecule has 0 bridgehead atoms. The molecule has 0 heterocycles. The molecule has 0 aliphatic heterocycles. The Morgan fingerprint density at radius 1 is 1.41 bits per heavy atom. The van der Waals surface area contributed by atoms with Gasteiger partial charge in [-0.25, -0.2) is 0 Å². The van der Waals surface area contributed by atoms with Gasteiger partial charge in [-0.2, -0.15) is 0 Å². The number of carboxylic acids is 1. The minimum absolute atomic E-state index is 0.104. The van der Waals surface area contributed by atoms with E-state index < -0.39 is 5.97 Å². The third-order valence-electron chi connectivity index (χ3n) is 3.75. The SMILES string of the molecule is CCC(COC)NCC1CCC(C(=O)O)CC1. The molecule has 2 N–H and O–H groups in total. The van der Waals surface area contributed by atoms with Crippen molar-refractivity contribution in [1.29, 1.82) is 0 Å². The van der Waals surface area contributed by atoms with E-state index in [9.17, 15) is 4.79 Å². The Kier molecular flexibility index (Phi) is 6.52. The molecule has 0 aromatic carbocycles. The summed E-state index contributed by atoms with van der Waals surface area (Å²) in [5.41, 5.74) is 0. The fourth-order valence-electron chi connectivity index (χ4n) is 2.47. The number of hydrogen-bond donors (Lipinski definition) is 2. The molecular formula is C13H25NO3. The van der Waals surface area contributed by atoms with Crippen LogP contribution in [0.25, 0.3) is 0 Å². The standard InChI is InChI=1S/C13H25NO3/c1-3-12(9-17-2)14-8-10-4-6-11(7-5-10)13(15)16/h10-12,14H,3-9H2,1-2H3,(H,15,16). The predicted molar refractivity (Wildman–Crippen MR) is 67.0 cm³/mol. The van der Waals surface area contributed by atoms with E-state index in [1.807, 2.05) is 0 Å². The second-order valence-corrected chi connectivity index (χ2v) is 5.02. The van der Waals surface area contributed by atoms with Crippen LogP contribution >= 0.6 is 0 Å². The van der Waals surface area contributed by atoms with Gasteiger partial charge in [0.2, 0.25) is 0 Å². The van der Waals surface area contributed by atoms with Crippen molar-refractivity contribution in [3.05, 3.63) is 0 Å². The molecule has 1 unspecified atom stereocenters. The molecule has 100 valence electrons. The number of nitrogens with one attached hydrogen (secondary N) is 1. The maximum Gasteiger partial charge on any atom is 0.306 e. The fourth-order valence-corrected chi connectivity index (χ4v) is 2.47. The quantitative estimate of drug-likeness (QED) is 0.717. The highest BCUT2D eigenvalue weighted by Crippen LogP contribution is 2.28. The zero-order valence-electron chi connectivity index (χ0n) is 10.9. The highest BCUT2D eigenvalue weighted by atomic mass is 16.5. The number of hydrogen-bond acceptors (Lipinski definition) is 3.